The van der Waals surface area contributed by atoms with Gasteiger partial charge in [-0.1, -0.05) is 48.9 Å². The van der Waals surface area contributed by atoms with Crippen molar-refractivity contribution in [2.75, 3.05) is 6.61 Å². The van der Waals surface area contributed by atoms with Crippen molar-refractivity contribution in [1.82, 2.24) is 0 Å². The van der Waals surface area contributed by atoms with Crippen molar-refractivity contribution in [3.05, 3.63) is 60.2 Å². The van der Waals surface area contributed by atoms with Crippen LogP contribution in [0.1, 0.15) is 42.5 Å². The van der Waals surface area contributed by atoms with Gasteiger partial charge in [-0.25, -0.2) is 9.59 Å². The standard InChI is InChI=1S/C22H22O5/c23-20(19-12-6-8-16-7-4-5-11-18(16)19)15-26-21(24)13-14-22(25)27-17-9-2-1-3-10-17/h4-8,11-14,17H,1-3,9-10,15H2/b14-13+. The minimum Gasteiger partial charge on any atom is -0.459 e. The van der Waals surface area contributed by atoms with Crippen molar-refractivity contribution in [3.8, 4) is 0 Å². The average molecular weight is 366 g/mol. The van der Waals surface area contributed by atoms with E-state index >= 15 is 0 Å². The maximum absolute atomic E-state index is 12.4. The fourth-order valence-corrected chi connectivity index (χ4v) is 3.25. The van der Waals surface area contributed by atoms with Crippen LogP contribution < -0.4 is 0 Å². The molecule has 1 saturated carbocycles. The van der Waals surface area contributed by atoms with Gasteiger partial charge >= 0.3 is 11.9 Å². The van der Waals surface area contributed by atoms with Gasteiger partial charge in [0.15, 0.2) is 6.61 Å². The van der Waals surface area contributed by atoms with Crippen LogP contribution in [-0.2, 0) is 19.1 Å². The molecule has 0 amide bonds. The van der Waals surface area contributed by atoms with E-state index < -0.39 is 11.9 Å². The van der Waals surface area contributed by atoms with E-state index in [1.807, 2.05) is 30.3 Å². The van der Waals surface area contributed by atoms with E-state index in [1.165, 1.54) is 6.42 Å². The third-order valence-electron chi connectivity index (χ3n) is 4.63. The van der Waals surface area contributed by atoms with E-state index in [9.17, 15) is 14.4 Å². The predicted molar refractivity (Wildman–Crippen MR) is 101 cm³/mol. The van der Waals surface area contributed by atoms with E-state index in [2.05, 4.69) is 0 Å². The summed E-state index contributed by atoms with van der Waals surface area (Å²) in [6, 6.07) is 12.9. The van der Waals surface area contributed by atoms with Crippen LogP contribution in [0, 0.1) is 0 Å². The number of esters is 2. The molecule has 0 unspecified atom stereocenters. The molecule has 0 saturated heterocycles. The van der Waals surface area contributed by atoms with Gasteiger partial charge in [-0.3, -0.25) is 4.79 Å². The Bertz CT molecular complexity index is 857. The fraction of sp³-hybridized carbons (Fsp3) is 0.318. The maximum atomic E-state index is 12.4. The van der Waals surface area contributed by atoms with Crippen molar-refractivity contribution in [1.29, 1.82) is 0 Å². The van der Waals surface area contributed by atoms with Gasteiger partial charge in [0.05, 0.1) is 0 Å². The number of benzene rings is 2. The molecule has 1 fully saturated rings. The zero-order valence-electron chi connectivity index (χ0n) is 15.1. The van der Waals surface area contributed by atoms with Crippen LogP contribution >= 0.6 is 0 Å². The minimum absolute atomic E-state index is 0.0696. The summed E-state index contributed by atoms with van der Waals surface area (Å²) in [7, 11) is 0. The number of carbonyl (C=O) groups is 3. The molecule has 5 heteroatoms. The smallest absolute Gasteiger partial charge is 0.331 e. The predicted octanol–water partition coefficient (Wildman–Crippen LogP) is 4.00. The summed E-state index contributed by atoms with van der Waals surface area (Å²) in [5.74, 6) is -1.60. The average Bonchev–Trinajstić information content (AvgIpc) is 2.70. The monoisotopic (exact) mass is 366 g/mol. The normalized spacial score (nSPS) is 15.0. The van der Waals surface area contributed by atoms with Gasteiger partial charge in [0.25, 0.3) is 0 Å². The molecule has 0 aliphatic heterocycles. The van der Waals surface area contributed by atoms with Crippen LogP contribution in [-0.4, -0.2) is 30.4 Å². The quantitative estimate of drug-likeness (QED) is 0.439. The van der Waals surface area contributed by atoms with Crippen LogP contribution in [0.15, 0.2) is 54.6 Å². The Kier molecular flexibility index (Phi) is 6.36. The highest BCUT2D eigenvalue weighted by Gasteiger charge is 2.17. The summed E-state index contributed by atoms with van der Waals surface area (Å²) in [5.41, 5.74) is 0.501. The van der Waals surface area contributed by atoms with Gasteiger partial charge in [0.2, 0.25) is 5.78 Å². The lowest BCUT2D eigenvalue weighted by molar-refractivity contribution is -0.145. The molecule has 140 valence electrons. The first kappa shape index (κ1) is 18.8. The summed E-state index contributed by atoms with van der Waals surface area (Å²) in [6.07, 6.45) is 6.99. The van der Waals surface area contributed by atoms with Crippen LogP contribution in [0.25, 0.3) is 10.8 Å². The number of hydrogen-bond donors (Lipinski definition) is 0. The van der Waals surface area contributed by atoms with Crippen molar-refractivity contribution >= 4 is 28.5 Å². The molecule has 0 spiro atoms. The van der Waals surface area contributed by atoms with Gasteiger partial charge in [-0.2, -0.15) is 0 Å². The van der Waals surface area contributed by atoms with E-state index in [4.69, 9.17) is 9.47 Å². The highest BCUT2D eigenvalue weighted by atomic mass is 16.5. The zero-order valence-corrected chi connectivity index (χ0v) is 15.1. The summed E-state index contributed by atoms with van der Waals surface area (Å²) in [6.45, 7) is -0.380. The van der Waals surface area contributed by atoms with Crippen LogP contribution in [0.2, 0.25) is 0 Å². The summed E-state index contributed by atoms with van der Waals surface area (Å²) in [4.78, 5) is 35.9. The summed E-state index contributed by atoms with van der Waals surface area (Å²) < 4.78 is 10.2. The number of carbonyl (C=O) groups excluding carboxylic acids is 3. The number of Topliss-reactive ketones (excluding diaryl/α,β-unsaturated/α-hetero) is 1. The second kappa shape index (κ2) is 9.12. The molecule has 1 aliphatic rings. The molecule has 0 N–H and O–H groups in total. The Labute approximate surface area is 158 Å². The molecule has 0 bridgehead atoms. The first-order chi connectivity index (χ1) is 13.1. The Balaban J connectivity index is 1.50. The van der Waals surface area contributed by atoms with Gasteiger partial charge < -0.3 is 9.47 Å². The minimum atomic E-state index is -0.746. The molecule has 2 aromatic carbocycles. The summed E-state index contributed by atoms with van der Waals surface area (Å²) in [5, 5.41) is 1.76. The number of rotatable bonds is 6. The highest BCUT2D eigenvalue weighted by molar-refractivity contribution is 6.09. The zero-order chi connectivity index (χ0) is 19.1. The SMILES string of the molecule is O=C(/C=C/C(=O)OC1CCCCC1)OCC(=O)c1cccc2ccccc12. The molecule has 0 heterocycles. The van der Waals surface area contributed by atoms with Gasteiger partial charge in [-0.05, 0) is 36.5 Å². The molecule has 3 rings (SSSR count). The Morgan fingerprint density at radius 1 is 0.889 bits per heavy atom. The highest BCUT2D eigenvalue weighted by Crippen LogP contribution is 2.20. The molecular weight excluding hydrogens is 344 g/mol. The largest absolute Gasteiger partial charge is 0.459 e. The third-order valence-corrected chi connectivity index (χ3v) is 4.63. The van der Waals surface area contributed by atoms with E-state index in [-0.39, 0.29) is 18.5 Å². The number of ketones is 1. The molecule has 1 aliphatic carbocycles. The van der Waals surface area contributed by atoms with Gasteiger partial charge in [0.1, 0.15) is 6.10 Å². The van der Waals surface area contributed by atoms with Crippen LogP contribution in [0.4, 0.5) is 0 Å². The number of hydrogen-bond acceptors (Lipinski definition) is 5. The number of fused-ring (bicyclic) bond motifs is 1. The second-order valence-corrected chi connectivity index (χ2v) is 6.59. The third kappa shape index (κ3) is 5.26. The lowest BCUT2D eigenvalue weighted by Crippen LogP contribution is -2.20. The Morgan fingerprint density at radius 2 is 1.59 bits per heavy atom. The second-order valence-electron chi connectivity index (χ2n) is 6.59. The first-order valence-electron chi connectivity index (χ1n) is 9.20. The first-order valence-corrected chi connectivity index (χ1v) is 9.20. The molecule has 27 heavy (non-hydrogen) atoms. The molecule has 2 aromatic rings. The lowest BCUT2D eigenvalue weighted by atomic mass is 9.98. The van der Waals surface area contributed by atoms with Crippen molar-refractivity contribution in [3.63, 3.8) is 0 Å². The van der Waals surface area contributed by atoms with Crippen LogP contribution in [0.5, 0.6) is 0 Å². The Hall–Kier alpha value is -2.95. The van der Waals surface area contributed by atoms with E-state index in [0.717, 1.165) is 48.6 Å². The molecular formula is C22H22O5. The lowest BCUT2D eigenvalue weighted by Gasteiger charge is -2.20. The van der Waals surface area contributed by atoms with E-state index in [1.54, 1.807) is 12.1 Å². The molecule has 0 atom stereocenters. The van der Waals surface area contributed by atoms with Gasteiger partial charge in [-0.15, -0.1) is 0 Å². The molecule has 0 aromatic heterocycles. The summed E-state index contributed by atoms with van der Waals surface area (Å²) >= 11 is 0. The Morgan fingerprint density at radius 3 is 2.41 bits per heavy atom. The topological polar surface area (TPSA) is 69.7 Å². The molecule has 5 nitrogen and oxygen atoms in total. The fourth-order valence-electron chi connectivity index (χ4n) is 3.25. The van der Waals surface area contributed by atoms with Crippen molar-refractivity contribution in [2.24, 2.45) is 0 Å². The van der Waals surface area contributed by atoms with Gasteiger partial charge in [0, 0.05) is 17.7 Å². The van der Waals surface area contributed by atoms with Crippen molar-refractivity contribution < 1.29 is 23.9 Å². The van der Waals surface area contributed by atoms with Crippen LogP contribution in [0.3, 0.4) is 0 Å². The maximum Gasteiger partial charge on any atom is 0.331 e. The number of ether oxygens (including phenoxy) is 2. The van der Waals surface area contributed by atoms with Crippen molar-refractivity contribution in [2.45, 2.75) is 38.2 Å². The van der Waals surface area contributed by atoms with E-state index in [0.29, 0.717) is 5.56 Å². The molecule has 0 radical (unpaired) electrons.